The Morgan fingerprint density at radius 3 is 2.60 bits per heavy atom. The number of alkyl halides is 2. The Hall–Kier alpha value is -4.21. The molecule has 3 aromatic rings. The van der Waals surface area contributed by atoms with E-state index in [1.807, 2.05) is 6.07 Å². The first-order valence-corrected chi connectivity index (χ1v) is 13.5. The summed E-state index contributed by atoms with van der Waals surface area (Å²) in [6.07, 6.45) is 2.12. The molecule has 42 heavy (non-hydrogen) atoms. The van der Waals surface area contributed by atoms with Crippen LogP contribution in [0.3, 0.4) is 0 Å². The van der Waals surface area contributed by atoms with Gasteiger partial charge in [-0.05, 0) is 30.7 Å². The van der Waals surface area contributed by atoms with Crippen LogP contribution in [0.15, 0.2) is 55.0 Å². The third-order valence-corrected chi connectivity index (χ3v) is 7.59. The number of anilines is 2. The van der Waals surface area contributed by atoms with Crippen LogP contribution in [0.25, 0.3) is 0 Å². The van der Waals surface area contributed by atoms with Crippen LogP contribution in [0.5, 0.6) is 0 Å². The molecule has 1 aliphatic carbocycles. The zero-order chi connectivity index (χ0) is 30.2. The molecule has 3 heterocycles. The number of carbonyl (C=O) groups is 3. The number of aromatic nitrogens is 2. The summed E-state index contributed by atoms with van der Waals surface area (Å²) in [7, 11) is 0. The molecule has 5 rings (SSSR count). The smallest absolute Gasteiger partial charge is 0.252 e. The van der Waals surface area contributed by atoms with Crippen LogP contribution in [-0.4, -0.2) is 45.7 Å². The van der Waals surface area contributed by atoms with E-state index in [1.165, 1.54) is 36.5 Å². The largest absolute Gasteiger partial charge is 0.351 e. The molecule has 2 aliphatic rings. The first-order valence-electron chi connectivity index (χ1n) is 12.7. The van der Waals surface area contributed by atoms with Crippen LogP contribution in [0.4, 0.5) is 24.7 Å². The highest BCUT2D eigenvalue weighted by Gasteiger charge is 2.48. The molecule has 1 aromatic carbocycles. The van der Waals surface area contributed by atoms with Crippen molar-refractivity contribution in [3.05, 3.63) is 82.0 Å². The predicted molar refractivity (Wildman–Crippen MR) is 146 cm³/mol. The van der Waals surface area contributed by atoms with Gasteiger partial charge in [-0.25, -0.2) is 18.2 Å². The molecule has 0 spiro atoms. The van der Waals surface area contributed by atoms with Gasteiger partial charge in [0.2, 0.25) is 11.8 Å². The maximum Gasteiger partial charge on any atom is 0.252 e. The number of nitrogens with one attached hydrogen (secondary N) is 1. The minimum Gasteiger partial charge on any atom is -0.351 e. The summed E-state index contributed by atoms with van der Waals surface area (Å²) < 4.78 is 41.7. The van der Waals surface area contributed by atoms with Gasteiger partial charge in [-0.2, -0.15) is 5.26 Å². The van der Waals surface area contributed by atoms with Crippen molar-refractivity contribution in [2.45, 2.75) is 49.7 Å². The first-order chi connectivity index (χ1) is 20.0. The monoisotopic (exact) mass is 616 g/mol. The molecule has 216 valence electrons. The van der Waals surface area contributed by atoms with E-state index >= 15 is 0 Å². The third kappa shape index (κ3) is 5.89. The van der Waals surface area contributed by atoms with Crippen LogP contribution in [0, 0.1) is 17.1 Å². The van der Waals surface area contributed by atoms with Gasteiger partial charge in [-0.15, -0.1) is 0 Å². The van der Waals surface area contributed by atoms with E-state index in [-0.39, 0.29) is 45.5 Å². The molecule has 1 unspecified atom stereocenters. The Bertz CT molecular complexity index is 1610. The molecule has 3 amide bonds. The summed E-state index contributed by atoms with van der Waals surface area (Å²) in [5, 5.41) is 12.1. The number of pyridine rings is 2. The number of rotatable bonds is 7. The molecule has 9 nitrogen and oxygen atoms in total. The van der Waals surface area contributed by atoms with Gasteiger partial charge in [0.1, 0.15) is 23.7 Å². The molecule has 2 fully saturated rings. The lowest BCUT2D eigenvalue weighted by Crippen LogP contribution is -2.56. The van der Waals surface area contributed by atoms with E-state index < -0.39 is 60.4 Å². The normalized spacial score (nSPS) is 18.6. The van der Waals surface area contributed by atoms with Gasteiger partial charge >= 0.3 is 0 Å². The average Bonchev–Trinajstić information content (AvgIpc) is 3.32. The summed E-state index contributed by atoms with van der Waals surface area (Å²) in [5.41, 5.74) is 0.116. The molecule has 1 N–H and O–H groups in total. The number of hydrogen-bond acceptors (Lipinski definition) is 6. The second-order valence-electron chi connectivity index (χ2n) is 9.94. The summed E-state index contributed by atoms with van der Waals surface area (Å²) in [6.45, 7) is 0. The quantitative estimate of drug-likeness (QED) is 0.400. The van der Waals surface area contributed by atoms with Crippen LogP contribution in [0.1, 0.15) is 42.9 Å². The maximum atomic E-state index is 14.5. The number of hydrogen-bond donors (Lipinski definition) is 1. The fraction of sp³-hybridized carbons (Fsp3) is 0.286. The SMILES string of the molecule is N#Cc1ccnc(N2C(=O)CC[C@H]2C(=O)N(c2cncc(F)c2)C(C(=O)NC2CC(F)(F)C2)c2ccc(Cl)cc2Cl)c1. The maximum absolute atomic E-state index is 14.5. The van der Waals surface area contributed by atoms with Gasteiger partial charge in [0.05, 0.1) is 29.7 Å². The van der Waals surface area contributed by atoms with Crippen LogP contribution >= 0.6 is 23.2 Å². The molecular formula is C28H21Cl2F3N6O3. The van der Waals surface area contributed by atoms with E-state index in [2.05, 4.69) is 15.3 Å². The molecule has 2 atom stereocenters. The minimum absolute atomic E-state index is 0.00685. The highest BCUT2D eigenvalue weighted by Crippen LogP contribution is 2.40. The van der Waals surface area contributed by atoms with Crippen molar-refractivity contribution >= 4 is 52.4 Å². The standard InChI is InChI=1S/C28H21Cl2F3N6O3/c29-16-1-2-20(21(30)8-16)25(26(41)37-18-10-28(32,33)11-18)38(19-9-17(31)13-35-14-19)27(42)22-3-4-24(40)39(22)23-7-15(12-34)5-6-36-23/h1-2,5-9,13-14,18,22,25H,3-4,10-11H2,(H,37,41)/t22-,25?/m0/s1. The first kappa shape index (κ1) is 29.3. The molecule has 1 aliphatic heterocycles. The molecule has 2 aromatic heterocycles. The van der Waals surface area contributed by atoms with Crippen molar-refractivity contribution in [1.29, 1.82) is 5.26 Å². The fourth-order valence-electron chi connectivity index (χ4n) is 5.09. The van der Waals surface area contributed by atoms with Crippen molar-refractivity contribution in [3.8, 4) is 6.07 Å². The van der Waals surface area contributed by atoms with Crippen molar-refractivity contribution in [1.82, 2.24) is 15.3 Å². The van der Waals surface area contributed by atoms with Crippen LogP contribution in [0.2, 0.25) is 10.0 Å². The third-order valence-electron chi connectivity index (χ3n) is 7.02. The summed E-state index contributed by atoms with van der Waals surface area (Å²) >= 11 is 12.6. The van der Waals surface area contributed by atoms with Crippen LogP contribution in [-0.2, 0) is 14.4 Å². The average molecular weight is 617 g/mol. The Balaban J connectivity index is 1.62. The van der Waals surface area contributed by atoms with E-state index in [0.717, 1.165) is 28.3 Å². The lowest BCUT2D eigenvalue weighted by molar-refractivity contribution is -0.133. The molecular weight excluding hydrogens is 596 g/mol. The van der Waals surface area contributed by atoms with E-state index in [9.17, 15) is 32.8 Å². The van der Waals surface area contributed by atoms with Crippen molar-refractivity contribution in [3.63, 3.8) is 0 Å². The van der Waals surface area contributed by atoms with Gasteiger partial charge in [-0.1, -0.05) is 29.3 Å². The van der Waals surface area contributed by atoms with Crippen molar-refractivity contribution < 1.29 is 27.6 Å². The van der Waals surface area contributed by atoms with Gasteiger partial charge in [0, 0.05) is 53.2 Å². The fourth-order valence-corrected chi connectivity index (χ4v) is 5.60. The van der Waals surface area contributed by atoms with Gasteiger partial charge in [-0.3, -0.25) is 29.2 Å². The number of nitriles is 1. The number of carbonyl (C=O) groups excluding carboxylic acids is 3. The lowest BCUT2D eigenvalue weighted by Gasteiger charge is -2.39. The zero-order valence-electron chi connectivity index (χ0n) is 21.6. The number of amides is 3. The molecule has 0 bridgehead atoms. The van der Waals surface area contributed by atoms with Crippen molar-refractivity contribution in [2.75, 3.05) is 9.80 Å². The topological polar surface area (TPSA) is 119 Å². The zero-order valence-corrected chi connectivity index (χ0v) is 23.1. The summed E-state index contributed by atoms with van der Waals surface area (Å²) in [4.78, 5) is 51.3. The highest BCUT2D eigenvalue weighted by atomic mass is 35.5. The highest BCUT2D eigenvalue weighted by molar-refractivity contribution is 6.35. The van der Waals surface area contributed by atoms with E-state index in [4.69, 9.17) is 23.2 Å². The second-order valence-corrected chi connectivity index (χ2v) is 10.8. The van der Waals surface area contributed by atoms with Crippen LogP contribution < -0.4 is 15.1 Å². The number of nitrogens with zero attached hydrogens (tertiary/aromatic N) is 5. The van der Waals surface area contributed by atoms with E-state index in [0.29, 0.717) is 0 Å². The second kappa shape index (κ2) is 11.6. The van der Waals surface area contributed by atoms with Gasteiger partial charge in [0.25, 0.3) is 11.8 Å². The Labute approximate surface area is 247 Å². The minimum atomic E-state index is -2.94. The summed E-state index contributed by atoms with van der Waals surface area (Å²) in [6, 6.07) is 6.15. The van der Waals surface area contributed by atoms with Gasteiger partial charge in [0.15, 0.2) is 0 Å². The summed E-state index contributed by atoms with van der Waals surface area (Å²) in [5.74, 6) is -5.87. The Morgan fingerprint density at radius 1 is 1.17 bits per heavy atom. The Kier molecular flexibility index (Phi) is 8.08. The van der Waals surface area contributed by atoms with Crippen molar-refractivity contribution in [2.24, 2.45) is 0 Å². The molecule has 0 radical (unpaired) electrons. The molecule has 1 saturated heterocycles. The number of benzene rings is 1. The molecule has 14 heteroatoms. The van der Waals surface area contributed by atoms with Gasteiger partial charge < -0.3 is 5.32 Å². The molecule has 1 saturated carbocycles. The number of halogens is 5. The Morgan fingerprint density at radius 2 is 1.93 bits per heavy atom. The van der Waals surface area contributed by atoms with E-state index in [1.54, 1.807) is 0 Å². The lowest BCUT2D eigenvalue weighted by atomic mass is 9.87. The predicted octanol–water partition coefficient (Wildman–Crippen LogP) is 4.98.